The summed E-state index contributed by atoms with van der Waals surface area (Å²) in [6.07, 6.45) is 0.748. The normalized spacial score (nSPS) is 20.6. The number of thiol groups is 1. The fraction of sp³-hybridized carbons (Fsp3) is 0.273. The van der Waals surface area contributed by atoms with E-state index in [0.717, 1.165) is 23.7 Å². The highest BCUT2D eigenvalue weighted by atomic mass is 32.2. The van der Waals surface area contributed by atoms with E-state index in [4.69, 9.17) is 0 Å². The van der Waals surface area contributed by atoms with E-state index >= 15 is 0 Å². The van der Waals surface area contributed by atoms with Gasteiger partial charge in [-0.15, -0.1) is 0 Å². The zero-order valence-electron chi connectivity index (χ0n) is 15.5. The highest BCUT2D eigenvalue weighted by Crippen LogP contribution is 2.30. The van der Waals surface area contributed by atoms with Crippen molar-refractivity contribution in [3.63, 3.8) is 0 Å². The van der Waals surface area contributed by atoms with Crippen LogP contribution in [0.2, 0.25) is 0 Å². The van der Waals surface area contributed by atoms with E-state index in [1.54, 1.807) is 16.4 Å². The maximum Gasteiger partial charge on any atom is 0.243 e. The molecule has 0 amide bonds. The van der Waals surface area contributed by atoms with Crippen molar-refractivity contribution < 1.29 is 8.42 Å². The van der Waals surface area contributed by atoms with E-state index in [9.17, 15) is 8.42 Å². The second-order valence-electron chi connectivity index (χ2n) is 7.24. The first-order valence-corrected chi connectivity index (χ1v) is 11.4. The number of benzene rings is 3. The van der Waals surface area contributed by atoms with Gasteiger partial charge in [-0.1, -0.05) is 60.7 Å². The largest absolute Gasteiger partial charge is 0.311 e. The Balaban J connectivity index is 1.52. The van der Waals surface area contributed by atoms with Gasteiger partial charge in [-0.3, -0.25) is 0 Å². The molecule has 1 N–H and O–H groups in total. The third-order valence-electron chi connectivity index (χ3n) is 5.22. The van der Waals surface area contributed by atoms with E-state index in [2.05, 4.69) is 30.1 Å². The molecule has 2 atom stereocenters. The maximum atomic E-state index is 13.3. The lowest BCUT2D eigenvalue weighted by molar-refractivity contribution is 0.371. The lowest BCUT2D eigenvalue weighted by Gasteiger charge is -2.24. The average molecular weight is 413 g/mol. The van der Waals surface area contributed by atoms with Gasteiger partial charge in [0, 0.05) is 30.9 Å². The SMILES string of the molecule is O=S(=O)(c1ccc2ccccc2c1)N1C[C@H](S)C[C@H]1CNCc1ccccc1. The molecule has 1 aliphatic rings. The van der Waals surface area contributed by atoms with Crippen LogP contribution in [0, 0.1) is 0 Å². The van der Waals surface area contributed by atoms with Gasteiger partial charge in [0.2, 0.25) is 10.0 Å². The van der Waals surface area contributed by atoms with Crippen LogP contribution >= 0.6 is 12.6 Å². The summed E-state index contributed by atoms with van der Waals surface area (Å²) in [5.74, 6) is 0. The predicted octanol–water partition coefficient (Wildman–Crippen LogP) is 3.69. The Kier molecular flexibility index (Phi) is 5.73. The molecule has 0 saturated carbocycles. The molecule has 0 radical (unpaired) electrons. The van der Waals surface area contributed by atoms with Crippen LogP contribution < -0.4 is 5.32 Å². The lowest BCUT2D eigenvalue weighted by atomic mass is 10.1. The summed E-state index contributed by atoms with van der Waals surface area (Å²) in [7, 11) is -3.56. The fourth-order valence-electron chi connectivity index (χ4n) is 3.78. The molecule has 28 heavy (non-hydrogen) atoms. The van der Waals surface area contributed by atoms with Crippen molar-refractivity contribution in [3.8, 4) is 0 Å². The molecule has 1 aliphatic heterocycles. The second kappa shape index (κ2) is 8.25. The average Bonchev–Trinajstić information content (AvgIpc) is 3.10. The molecule has 0 unspecified atom stereocenters. The van der Waals surface area contributed by atoms with Gasteiger partial charge in [0.25, 0.3) is 0 Å². The van der Waals surface area contributed by atoms with E-state index in [-0.39, 0.29) is 11.3 Å². The minimum atomic E-state index is -3.56. The Morgan fingerprint density at radius 1 is 0.964 bits per heavy atom. The van der Waals surface area contributed by atoms with E-state index < -0.39 is 10.0 Å². The molecule has 146 valence electrons. The van der Waals surface area contributed by atoms with E-state index in [1.165, 1.54) is 5.56 Å². The maximum absolute atomic E-state index is 13.3. The molecule has 1 saturated heterocycles. The van der Waals surface area contributed by atoms with Gasteiger partial charge in [-0.25, -0.2) is 8.42 Å². The highest BCUT2D eigenvalue weighted by Gasteiger charge is 2.38. The summed E-state index contributed by atoms with van der Waals surface area (Å²) in [5.41, 5.74) is 1.19. The number of sulfonamides is 1. The van der Waals surface area contributed by atoms with Crippen molar-refractivity contribution in [2.45, 2.75) is 29.2 Å². The van der Waals surface area contributed by atoms with Crippen molar-refractivity contribution in [1.82, 2.24) is 9.62 Å². The minimum Gasteiger partial charge on any atom is -0.311 e. The van der Waals surface area contributed by atoms with Crippen molar-refractivity contribution in [1.29, 1.82) is 0 Å². The van der Waals surface area contributed by atoms with Crippen molar-refractivity contribution >= 4 is 33.4 Å². The molecular formula is C22H24N2O2S2. The van der Waals surface area contributed by atoms with Crippen LogP contribution in [0.5, 0.6) is 0 Å². The van der Waals surface area contributed by atoms with Gasteiger partial charge >= 0.3 is 0 Å². The number of hydrogen-bond donors (Lipinski definition) is 2. The van der Waals surface area contributed by atoms with Crippen molar-refractivity contribution in [3.05, 3.63) is 78.4 Å². The molecular weight excluding hydrogens is 388 g/mol. The van der Waals surface area contributed by atoms with Gasteiger partial charge in [0.15, 0.2) is 0 Å². The summed E-state index contributed by atoms with van der Waals surface area (Å²) in [6, 6.07) is 23.2. The number of fused-ring (bicyclic) bond motifs is 1. The van der Waals surface area contributed by atoms with Gasteiger partial charge in [-0.05, 0) is 34.9 Å². The Hall–Kier alpha value is -1.86. The first-order chi connectivity index (χ1) is 13.5. The zero-order valence-corrected chi connectivity index (χ0v) is 17.2. The lowest BCUT2D eigenvalue weighted by Crippen LogP contribution is -2.41. The minimum absolute atomic E-state index is 0.0544. The first kappa shape index (κ1) is 19.5. The summed E-state index contributed by atoms with van der Waals surface area (Å²) in [5, 5.41) is 5.43. The van der Waals surface area contributed by atoms with Gasteiger partial charge in [0.1, 0.15) is 0 Å². The molecule has 6 heteroatoms. The van der Waals surface area contributed by atoms with Crippen molar-refractivity contribution in [2.75, 3.05) is 13.1 Å². The smallest absolute Gasteiger partial charge is 0.243 e. The molecule has 0 aliphatic carbocycles. The highest BCUT2D eigenvalue weighted by molar-refractivity contribution is 7.89. The van der Waals surface area contributed by atoms with Crippen LogP contribution in [-0.2, 0) is 16.6 Å². The fourth-order valence-corrected chi connectivity index (χ4v) is 6.03. The standard InChI is InChI=1S/C22H24N2O2S2/c25-28(26,22-11-10-18-8-4-5-9-19(18)12-22)24-16-21(27)13-20(24)15-23-14-17-6-2-1-3-7-17/h1-12,20-21,23,27H,13-16H2/t20-,21+/m0/s1. The molecule has 3 aromatic rings. The van der Waals surface area contributed by atoms with E-state index in [0.29, 0.717) is 18.0 Å². The molecule has 3 aromatic carbocycles. The number of hydrogen-bond acceptors (Lipinski definition) is 4. The summed E-state index contributed by atoms with van der Waals surface area (Å²) >= 11 is 4.57. The number of nitrogens with zero attached hydrogens (tertiary/aromatic N) is 1. The third kappa shape index (κ3) is 4.10. The van der Waals surface area contributed by atoms with Crippen molar-refractivity contribution in [2.24, 2.45) is 0 Å². The van der Waals surface area contributed by atoms with Crippen LogP contribution in [0.15, 0.2) is 77.7 Å². The second-order valence-corrected chi connectivity index (χ2v) is 9.86. The molecule has 4 nitrogen and oxygen atoms in total. The molecule has 0 bridgehead atoms. The number of nitrogens with one attached hydrogen (secondary N) is 1. The summed E-state index contributed by atoms with van der Waals surface area (Å²) in [6.45, 7) is 1.77. The molecule has 1 fully saturated rings. The van der Waals surface area contributed by atoms with Gasteiger partial charge in [-0.2, -0.15) is 16.9 Å². The molecule has 4 rings (SSSR count). The van der Waals surface area contributed by atoms with Crippen LogP contribution in [0.4, 0.5) is 0 Å². The molecule has 0 aromatic heterocycles. The third-order valence-corrected chi connectivity index (χ3v) is 7.51. The first-order valence-electron chi connectivity index (χ1n) is 9.47. The monoisotopic (exact) mass is 412 g/mol. The summed E-state index contributed by atoms with van der Waals surface area (Å²) in [4.78, 5) is 0.349. The summed E-state index contributed by atoms with van der Waals surface area (Å²) < 4.78 is 28.3. The zero-order chi connectivity index (χ0) is 19.6. The molecule has 1 heterocycles. The van der Waals surface area contributed by atoms with E-state index in [1.807, 2.05) is 48.5 Å². The van der Waals surface area contributed by atoms with Gasteiger partial charge in [0.05, 0.1) is 4.90 Å². The topological polar surface area (TPSA) is 49.4 Å². The Labute approximate surface area is 172 Å². The Morgan fingerprint density at radius 3 is 2.46 bits per heavy atom. The van der Waals surface area contributed by atoms with Crippen LogP contribution in [-0.4, -0.2) is 37.1 Å². The number of rotatable bonds is 6. The Bertz CT molecular complexity index is 1050. The van der Waals surface area contributed by atoms with Crippen LogP contribution in [0.3, 0.4) is 0 Å². The van der Waals surface area contributed by atoms with Crippen LogP contribution in [0.1, 0.15) is 12.0 Å². The predicted molar refractivity (Wildman–Crippen MR) is 117 cm³/mol. The quantitative estimate of drug-likeness (QED) is 0.607. The van der Waals surface area contributed by atoms with Crippen LogP contribution in [0.25, 0.3) is 10.8 Å². The Morgan fingerprint density at radius 2 is 1.68 bits per heavy atom. The van der Waals surface area contributed by atoms with Gasteiger partial charge < -0.3 is 5.32 Å². The molecule has 0 spiro atoms.